The van der Waals surface area contributed by atoms with Crippen LogP contribution in [-0.4, -0.2) is 53.9 Å². The fourth-order valence-corrected chi connectivity index (χ4v) is 4.35. The molecule has 1 fully saturated rings. The van der Waals surface area contributed by atoms with Crippen LogP contribution >= 0.6 is 11.3 Å². The van der Waals surface area contributed by atoms with E-state index in [1.54, 1.807) is 4.90 Å². The van der Waals surface area contributed by atoms with E-state index in [-0.39, 0.29) is 12.7 Å². The van der Waals surface area contributed by atoms with E-state index in [1.165, 1.54) is 11.3 Å². The highest BCUT2D eigenvalue weighted by Crippen LogP contribution is 2.30. The van der Waals surface area contributed by atoms with Gasteiger partial charge >= 0.3 is 12.2 Å². The van der Waals surface area contributed by atoms with Crippen molar-refractivity contribution in [1.29, 1.82) is 0 Å². The molecule has 0 aliphatic carbocycles. The third-order valence-electron chi connectivity index (χ3n) is 5.09. The molecule has 1 saturated heterocycles. The van der Waals surface area contributed by atoms with E-state index >= 15 is 0 Å². The predicted octanol–water partition coefficient (Wildman–Crippen LogP) is 5.10. The minimum atomic E-state index is -0.565. The van der Waals surface area contributed by atoms with Crippen molar-refractivity contribution in [1.82, 2.24) is 9.88 Å². The number of aromatic nitrogens is 1. The number of nitrogens with one attached hydrogen (secondary N) is 1. The first-order valence-corrected chi connectivity index (χ1v) is 11.7. The molecule has 1 aromatic heterocycles. The van der Waals surface area contributed by atoms with Crippen molar-refractivity contribution in [2.75, 3.05) is 36.4 Å². The zero-order valence-electron chi connectivity index (χ0n) is 19.0. The summed E-state index contributed by atoms with van der Waals surface area (Å²) >= 11 is 1.40. The van der Waals surface area contributed by atoms with Crippen molar-refractivity contribution < 1.29 is 19.1 Å². The van der Waals surface area contributed by atoms with Gasteiger partial charge in [0.05, 0.1) is 10.2 Å². The van der Waals surface area contributed by atoms with E-state index in [9.17, 15) is 9.59 Å². The molecule has 0 spiro atoms. The molecule has 0 unspecified atom stereocenters. The molecule has 2 aromatic carbocycles. The number of rotatable bonds is 4. The summed E-state index contributed by atoms with van der Waals surface area (Å²) in [6.45, 7) is 8.33. The van der Waals surface area contributed by atoms with Gasteiger partial charge in [-0.1, -0.05) is 41.7 Å². The van der Waals surface area contributed by atoms with Crippen LogP contribution in [0, 0.1) is 0 Å². The molecule has 0 saturated carbocycles. The largest absolute Gasteiger partial charge is 0.445 e. The van der Waals surface area contributed by atoms with Gasteiger partial charge in [0, 0.05) is 31.9 Å². The minimum absolute atomic E-state index is 0.278. The van der Waals surface area contributed by atoms with Gasteiger partial charge in [0.1, 0.15) is 12.2 Å². The Kier molecular flexibility index (Phi) is 6.69. The third kappa shape index (κ3) is 6.13. The van der Waals surface area contributed by atoms with Gasteiger partial charge in [0.25, 0.3) is 0 Å². The van der Waals surface area contributed by atoms with Crippen LogP contribution in [0.25, 0.3) is 10.2 Å². The lowest BCUT2D eigenvalue weighted by Gasteiger charge is -2.35. The standard InChI is InChI=1S/C24H28N4O4S/c1-24(2,3)32-22(29)26-21-25-19-15-18(9-10-20(19)33-21)27-11-13-28(14-12-27)23(30)31-16-17-7-5-4-6-8-17/h4-10,15H,11-14,16H2,1-3H3,(H,25,26,29). The molecular formula is C24H28N4O4S. The number of amides is 2. The molecule has 2 amide bonds. The normalized spacial score (nSPS) is 14.3. The Balaban J connectivity index is 1.32. The number of carbonyl (C=O) groups is 2. The van der Waals surface area contributed by atoms with Crippen LogP contribution in [0.5, 0.6) is 0 Å². The van der Waals surface area contributed by atoms with Gasteiger partial charge in [-0.3, -0.25) is 5.32 Å². The Labute approximate surface area is 197 Å². The quantitative estimate of drug-likeness (QED) is 0.573. The average Bonchev–Trinajstić information content (AvgIpc) is 3.18. The zero-order chi connectivity index (χ0) is 23.4. The highest BCUT2D eigenvalue weighted by Gasteiger charge is 2.23. The van der Waals surface area contributed by atoms with Crippen LogP contribution < -0.4 is 10.2 Å². The monoisotopic (exact) mass is 468 g/mol. The molecule has 0 bridgehead atoms. The second-order valence-corrected chi connectivity index (χ2v) is 9.84. The molecular weight excluding hydrogens is 440 g/mol. The van der Waals surface area contributed by atoms with E-state index in [0.29, 0.717) is 31.3 Å². The van der Waals surface area contributed by atoms with Crippen LogP contribution in [0.2, 0.25) is 0 Å². The molecule has 0 atom stereocenters. The van der Waals surface area contributed by atoms with Gasteiger partial charge in [-0.05, 0) is 44.5 Å². The Bertz CT molecular complexity index is 1120. The van der Waals surface area contributed by atoms with E-state index < -0.39 is 11.7 Å². The molecule has 4 rings (SSSR count). The number of nitrogens with zero attached hydrogens (tertiary/aromatic N) is 3. The summed E-state index contributed by atoms with van der Waals surface area (Å²) in [6.07, 6.45) is -0.802. The van der Waals surface area contributed by atoms with Crippen LogP contribution in [-0.2, 0) is 16.1 Å². The first kappa shape index (κ1) is 22.8. The summed E-state index contributed by atoms with van der Waals surface area (Å²) in [4.78, 5) is 32.9. The van der Waals surface area contributed by atoms with Crippen molar-refractivity contribution in [3.8, 4) is 0 Å². The molecule has 8 nitrogen and oxygen atoms in total. The van der Waals surface area contributed by atoms with Crippen LogP contribution in [0.3, 0.4) is 0 Å². The van der Waals surface area contributed by atoms with E-state index in [2.05, 4.69) is 15.2 Å². The summed E-state index contributed by atoms with van der Waals surface area (Å²) in [5.74, 6) is 0. The highest BCUT2D eigenvalue weighted by atomic mass is 32.1. The van der Waals surface area contributed by atoms with Gasteiger partial charge in [0.15, 0.2) is 5.13 Å². The molecule has 3 aromatic rings. The molecule has 2 heterocycles. The van der Waals surface area contributed by atoms with Gasteiger partial charge < -0.3 is 19.3 Å². The highest BCUT2D eigenvalue weighted by molar-refractivity contribution is 7.22. The molecule has 1 N–H and O–H groups in total. The Morgan fingerprint density at radius 2 is 1.79 bits per heavy atom. The summed E-state index contributed by atoms with van der Waals surface area (Å²) in [7, 11) is 0. The summed E-state index contributed by atoms with van der Waals surface area (Å²) in [5, 5.41) is 3.21. The number of anilines is 2. The fraction of sp³-hybridized carbons (Fsp3) is 0.375. The fourth-order valence-electron chi connectivity index (χ4n) is 3.51. The number of benzene rings is 2. The van der Waals surface area contributed by atoms with Crippen molar-refractivity contribution in [3.05, 3.63) is 54.1 Å². The molecule has 9 heteroatoms. The average molecular weight is 469 g/mol. The van der Waals surface area contributed by atoms with E-state index in [1.807, 2.05) is 69.3 Å². The molecule has 174 valence electrons. The smallest absolute Gasteiger partial charge is 0.413 e. The first-order chi connectivity index (χ1) is 15.8. The lowest BCUT2D eigenvalue weighted by atomic mass is 10.2. The minimum Gasteiger partial charge on any atom is -0.445 e. The number of fused-ring (bicyclic) bond motifs is 1. The van der Waals surface area contributed by atoms with Crippen molar-refractivity contribution in [3.63, 3.8) is 0 Å². The van der Waals surface area contributed by atoms with Gasteiger partial charge in [-0.15, -0.1) is 0 Å². The van der Waals surface area contributed by atoms with Gasteiger partial charge in [0.2, 0.25) is 0 Å². The summed E-state index contributed by atoms with van der Waals surface area (Å²) in [5.41, 5.74) is 2.26. The van der Waals surface area contributed by atoms with Crippen LogP contribution in [0.1, 0.15) is 26.3 Å². The maximum atomic E-state index is 12.4. The summed E-state index contributed by atoms with van der Waals surface area (Å²) < 4.78 is 11.7. The number of hydrogen-bond acceptors (Lipinski definition) is 7. The maximum absolute atomic E-state index is 12.4. The van der Waals surface area contributed by atoms with Crippen molar-refractivity contribution in [2.45, 2.75) is 33.0 Å². The third-order valence-corrected chi connectivity index (χ3v) is 6.04. The molecule has 0 radical (unpaired) electrons. The van der Waals surface area contributed by atoms with E-state index in [0.717, 1.165) is 21.5 Å². The molecule has 1 aliphatic rings. The number of ether oxygens (including phenoxy) is 2. The van der Waals surface area contributed by atoms with Crippen LogP contribution in [0.4, 0.5) is 20.4 Å². The predicted molar refractivity (Wildman–Crippen MR) is 130 cm³/mol. The molecule has 33 heavy (non-hydrogen) atoms. The topological polar surface area (TPSA) is 84.0 Å². The van der Waals surface area contributed by atoms with Crippen molar-refractivity contribution >= 4 is 44.6 Å². The Morgan fingerprint density at radius 3 is 2.48 bits per heavy atom. The number of piperazine rings is 1. The lowest BCUT2D eigenvalue weighted by molar-refractivity contribution is 0.0635. The summed E-state index contributed by atoms with van der Waals surface area (Å²) in [6, 6.07) is 15.7. The van der Waals surface area contributed by atoms with E-state index in [4.69, 9.17) is 9.47 Å². The SMILES string of the molecule is CC(C)(C)OC(=O)Nc1nc2cc(N3CCN(C(=O)OCc4ccccc4)CC3)ccc2s1. The van der Waals surface area contributed by atoms with Crippen molar-refractivity contribution in [2.24, 2.45) is 0 Å². The Hall–Kier alpha value is -3.33. The number of carbonyl (C=O) groups excluding carboxylic acids is 2. The maximum Gasteiger partial charge on any atom is 0.413 e. The number of thiazole rings is 1. The lowest BCUT2D eigenvalue weighted by Crippen LogP contribution is -2.48. The first-order valence-electron chi connectivity index (χ1n) is 10.9. The molecule has 1 aliphatic heterocycles. The van der Waals surface area contributed by atoms with Gasteiger partial charge in [-0.2, -0.15) is 0 Å². The second kappa shape index (κ2) is 9.66. The Morgan fingerprint density at radius 1 is 1.06 bits per heavy atom. The second-order valence-electron chi connectivity index (χ2n) is 8.81. The van der Waals surface area contributed by atoms with Gasteiger partial charge in [-0.25, -0.2) is 14.6 Å². The number of hydrogen-bond donors (Lipinski definition) is 1. The van der Waals surface area contributed by atoms with Crippen LogP contribution in [0.15, 0.2) is 48.5 Å². The zero-order valence-corrected chi connectivity index (χ0v) is 19.9.